The maximum absolute atomic E-state index is 4.93. The van der Waals surface area contributed by atoms with Gasteiger partial charge in [0.1, 0.15) is 11.6 Å². The van der Waals surface area contributed by atoms with Gasteiger partial charge in [0.15, 0.2) is 5.65 Å². The molecule has 0 atom stereocenters. The topological polar surface area (TPSA) is 87.9 Å². The molecular formula is C24H25N9. The number of anilines is 4. The van der Waals surface area contributed by atoms with E-state index in [-0.39, 0.29) is 0 Å². The van der Waals surface area contributed by atoms with Crippen molar-refractivity contribution >= 4 is 34.3 Å². The Morgan fingerprint density at radius 2 is 1.97 bits per heavy atom. The fourth-order valence-electron chi connectivity index (χ4n) is 4.89. The largest absolute Gasteiger partial charge is 0.351 e. The third-order valence-electron chi connectivity index (χ3n) is 6.72. The van der Waals surface area contributed by atoms with Crippen LogP contribution in [0, 0.1) is 0 Å². The lowest BCUT2D eigenvalue weighted by Crippen LogP contribution is -2.33. The van der Waals surface area contributed by atoms with E-state index in [4.69, 9.17) is 9.97 Å². The van der Waals surface area contributed by atoms with E-state index in [1.54, 1.807) is 6.20 Å². The molecule has 4 aromatic rings. The van der Waals surface area contributed by atoms with Gasteiger partial charge in [0.25, 0.3) is 0 Å². The van der Waals surface area contributed by atoms with Crippen LogP contribution >= 0.6 is 0 Å². The number of hydrogen-bond donors (Lipinski definition) is 1. The Morgan fingerprint density at radius 1 is 1.00 bits per heavy atom. The number of hydrogen-bond acceptors (Lipinski definition) is 8. The van der Waals surface area contributed by atoms with Crippen molar-refractivity contribution in [3.05, 3.63) is 54.1 Å². The zero-order chi connectivity index (χ0) is 21.8. The van der Waals surface area contributed by atoms with E-state index in [0.717, 1.165) is 67.4 Å². The Morgan fingerprint density at radius 3 is 2.91 bits per heavy atom. The van der Waals surface area contributed by atoms with Gasteiger partial charge in [0, 0.05) is 56.6 Å². The van der Waals surface area contributed by atoms with E-state index in [1.165, 1.54) is 24.1 Å². The molecule has 3 aliphatic rings. The summed E-state index contributed by atoms with van der Waals surface area (Å²) >= 11 is 0. The minimum atomic E-state index is 0.492. The van der Waals surface area contributed by atoms with Crippen LogP contribution in [0.15, 0.2) is 42.9 Å². The monoisotopic (exact) mass is 439 g/mol. The fraction of sp³-hybridized carbons (Fsp3) is 0.375. The third kappa shape index (κ3) is 3.35. The summed E-state index contributed by atoms with van der Waals surface area (Å²) in [7, 11) is 0. The van der Waals surface area contributed by atoms with E-state index < -0.39 is 0 Å². The molecule has 9 nitrogen and oxygen atoms in total. The minimum Gasteiger partial charge on any atom is -0.351 e. The van der Waals surface area contributed by atoms with Gasteiger partial charge in [0.2, 0.25) is 5.95 Å². The van der Waals surface area contributed by atoms with Gasteiger partial charge in [0.05, 0.1) is 23.5 Å². The average Bonchev–Trinajstić information content (AvgIpc) is 3.54. The highest BCUT2D eigenvalue weighted by atomic mass is 15.4. The second-order valence-electron chi connectivity index (χ2n) is 9.05. The summed E-state index contributed by atoms with van der Waals surface area (Å²) < 4.78 is 2.07. The molecule has 0 aromatic carbocycles. The maximum Gasteiger partial charge on any atom is 0.226 e. The molecule has 1 fully saturated rings. The summed E-state index contributed by atoms with van der Waals surface area (Å²) in [6.45, 7) is 3.60. The van der Waals surface area contributed by atoms with Crippen LogP contribution in [-0.4, -0.2) is 48.8 Å². The molecule has 1 saturated carbocycles. The highest BCUT2D eigenvalue weighted by Gasteiger charge is 2.26. The molecule has 0 bridgehead atoms. The first kappa shape index (κ1) is 18.8. The van der Waals surface area contributed by atoms with Gasteiger partial charge in [-0.1, -0.05) is 0 Å². The summed E-state index contributed by atoms with van der Waals surface area (Å²) in [4.78, 5) is 23.6. The van der Waals surface area contributed by atoms with E-state index >= 15 is 0 Å². The van der Waals surface area contributed by atoms with E-state index in [1.807, 2.05) is 18.5 Å². The van der Waals surface area contributed by atoms with Gasteiger partial charge in [-0.25, -0.2) is 9.67 Å². The number of pyridine rings is 2. The van der Waals surface area contributed by atoms with Crippen LogP contribution in [0.1, 0.15) is 30.5 Å². The average molecular weight is 440 g/mol. The Hall–Kier alpha value is -3.75. The molecule has 0 spiro atoms. The number of fused-ring (bicyclic) bond motifs is 3. The normalized spacial score (nSPS) is 17.7. The lowest BCUT2D eigenvalue weighted by atomic mass is 10.0. The number of nitrogens with one attached hydrogen (secondary N) is 1. The SMILES string of the molecule is c1cnc2nc(NC3CC3)nc(N3CCc4ncc(N5CCCn6nccc65)cc4C3)c2c1. The van der Waals surface area contributed by atoms with Crippen LogP contribution in [0.25, 0.3) is 11.0 Å². The highest BCUT2D eigenvalue weighted by Crippen LogP contribution is 2.33. The van der Waals surface area contributed by atoms with Gasteiger partial charge in [-0.3, -0.25) is 4.98 Å². The van der Waals surface area contributed by atoms with Crippen LogP contribution in [-0.2, 0) is 19.5 Å². The molecule has 0 unspecified atom stereocenters. The molecule has 1 N–H and O–H groups in total. The summed E-state index contributed by atoms with van der Waals surface area (Å²) in [5.41, 5.74) is 4.29. The van der Waals surface area contributed by atoms with Crippen LogP contribution in [0.5, 0.6) is 0 Å². The molecule has 0 saturated heterocycles. The number of aryl methyl sites for hydroxylation is 1. The standard InChI is InChI=1S/C24H25N9/c1-3-19-22(25-8-1)29-24(28-17-4-5-17)30-23(19)31-12-7-20-16(15-31)13-18(14-26-20)32-10-2-11-33-21(32)6-9-27-33/h1,3,6,8-9,13-14,17H,2,4-5,7,10-12,15H2,(H,25,28,29,30). The van der Waals surface area contributed by atoms with Gasteiger partial charge in [-0.15, -0.1) is 0 Å². The van der Waals surface area contributed by atoms with Crippen LogP contribution in [0.3, 0.4) is 0 Å². The predicted octanol–water partition coefficient (Wildman–Crippen LogP) is 3.30. The molecule has 166 valence electrons. The minimum absolute atomic E-state index is 0.492. The number of aromatic nitrogens is 6. The quantitative estimate of drug-likeness (QED) is 0.518. The first-order valence-corrected chi connectivity index (χ1v) is 11.7. The van der Waals surface area contributed by atoms with E-state index in [0.29, 0.717) is 12.0 Å². The zero-order valence-corrected chi connectivity index (χ0v) is 18.4. The van der Waals surface area contributed by atoms with Crippen LogP contribution < -0.4 is 15.1 Å². The Balaban J connectivity index is 1.24. The molecule has 7 rings (SSSR count). The lowest BCUT2D eigenvalue weighted by molar-refractivity contribution is 0.541. The highest BCUT2D eigenvalue weighted by molar-refractivity contribution is 5.88. The molecular weight excluding hydrogens is 414 g/mol. The van der Waals surface area contributed by atoms with E-state index in [2.05, 4.69) is 53.1 Å². The molecule has 1 aliphatic carbocycles. The summed E-state index contributed by atoms with van der Waals surface area (Å²) in [5.74, 6) is 2.76. The lowest BCUT2D eigenvalue weighted by Gasteiger charge is -2.33. The van der Waals surface area contributed by atoms with Crippen molar-refractivity contribution in [1.29, 1.82) is 0 Å². The van der Waals surface area contributed by atoms with Gasteiger partial charge < -0.3 is 15.1 Å². The van der Waals surface area contributed by atoms with Crippen molar-refractivity contribution in [2.24, 2.45) is 0 Å². The zero-order valence-electron chi connectivity index (χ0n) is 18.4. The molecule has 0 amide bonds. The van der Waals surface area contributed by atoms with Gasteiger partial charge in [-0.05, 0) is 43.0 Å². The van der Waals surface area contributed by atoms with Gasteiger partial charge in [-0.2, -0.15) is 15.1 Å². The Bertz CT molecular complexity index is 1340. The van der Waals surface area contributed by atoms with Crippen LogP contribution in [0.4, 0.5) is 23.3 Å². The van der Waals surface area contributed by atoms with Crippen LogP contribution in [0.2, 0.25) is 0 Å². The van der Waals surface area contributed by atoms with E-state index in [9.17, 15) is 0 Å². The maximum atomic E-state index is 4.93. The molecule has 4 aromatic heterocycles. The third-order valence-corrected chi connectivity index (χ3v) is 6.72. The smallest absolute Gasteiger partial charge is 0.226 e. The Labute approximate surface area is 191 Å². The predicted molar refractivity (Wildman–Crippen MR) is 127 cm³/mol. The molecule has 9 heteroatoms. The Kier molecular flexibility index (Phi) is 4.21. The summed E-state index contributed by atoms with van der Waals surface area (Å²) in [6, 6.07) is 8.89. The van der Waals surface area contributed by atoms with Crippen molar-refractivity contribution in [2.75, 3.05) is 28.2 Å². The first-order valence-electron chi connectivity index (χ1n) is 11.7. The van der Waals surface area contributed by atoms with Crippen molar-refractivity contribution < 1.29 is 0 Å². The van der Waals surface area contributed by atoms with Crippen molar-refractivity contribution in [1.82, 2.24) is 29.7 Å². The van der Waals surface area contributed by atoms with Gasteiger partial charge >= 0.3 is 0 Å². The molecule has 33 heavy (non-hydrogen) atoms. The number of nitrogens with zero attached hydrogens (tertiary/aromatic N) is 8. The second kappa shape index (κ2) is 7.40. The molecule has 0 radical (unpaired) electrons. The summed E-state index contributed by atoms with van der Waals surface area (Å²) in [6.07, 6.45) is 10.0. The number of rotatable bonds is 4. The molecule has 2 aliphatic heterocycles. The second-order valence-corrected chi connectivity index (χ2v) is 9.05. The first-order chi connectivity index (χ1) is 16.3. The van der Waals surface area contributed by atoms with Crippen molar-refractivity contribution in [3.63, 3.8) is 0 Å². The summed E-state index contributed by atoms with van der Waals surface area (Å²) in [5, 5.41) is 8.90. The van der Waals surface area contributed by atoms with Crippen molar-refractivity contribution in [2.45, 2.75) is 44.8 Å². The fourth-order valence-corrected chi connectivity index (χ4v) is 4.89. The molecule has 6 heterocycles. The van der Waals surface area contributed by atoms with Crippen molar-refractivity contribution in [3.8, 4) is 0 Å².